The van der Waals surface area contributed by atoms with E-state index < -0.39 is 12.6 Å². The number of benzene rings is 1. The summed E-state index contributed by atoms with van der Waals surface area (Å²) in [4.78, 5) is 10.4. The van der Waals surface area contributed by atoms with Gasteiger partial charge in [0.1, 0.15) is 0 Å². The highest BCUT2D eigenvalue weighted by atomic mass is 32.1. The smallest absolute Gasteiger partial charge is 0.341 e. The number of carbonyl (C=O) groups is 1. The van der Waals surface area contributed by atoms with Gasteiger partial charge in [0.15, 0.2) is 23.2 Å². The van der Waals surface area contributed by atoms with Crippen LogP contribution in [0.15, 0.2) is 23.3 Å². The van der Waals surface area contributed by atoms with Crippen molar-refractivity contribution in [3.8, 4) is 11.5 Å². The average Bonchev–Trinajstić information content (AvgIpc) is 2.36. The number of hydrogen-bond acceptors (Lipinski definition) is 5. The molecule has 0 aliphatic carbocycles. The summed E-state index contributed by atoms with van der Waals surface area (Å²) in [5.41, 5.74) is 8.34. The molecule has 0 heterocycles. The first-order valence-electron chi connectivity index (χ1n) is 5.14. The van der Waals surface area contributed by atoms with Crippen LogP contribution in [0.2, 0.25) is 0 Å². The summed E-state index contributed by atoms with van der Waals surface area (Å²) >= 11 is 4.59. The Morgan fingerprint density at radius 1 is 1.58 bits per heavy atom. The second-order valence-electron chi connectivity index (χ2n) is 3.33. The normalized spacial score (nSPS) is 10.2. The standard InChI is InChI=1S/C11H13N3O4S/c1-17-9-4-7(5-13-14-11(12)19)2-3-8(9)18-6-10(15)16/h2-5H,6H2,1H3,(H,15,16)(H3,12,14,19)/b13-5+. The Labute approximate surface area is 115 Å². The Balaban J connectivity index is 2.80. The molecule has 0 atom stereocenters. The molecule has 19 heavy (non-hydrogen) atoms. The van der Waals surface area contributed by atoms with Crippen LogP contribution in [0.25, 0.3) is 0 Å². The van der Waals surface area contributed by atoms with Gasteiger partial charge in [-0.2, -0.15) is 5.10 Å². The van der Waals surface area contributed by atoms with E-state index in [0.29, 0.717) is 17.1 Å². The van der Waals surface area contributed by atoms with Crippen LogP contribution in [0.4, 0.5) is 0 Å². The zero-order valence-corrected chi connectivity index (χ0v) is 10.9. The molecule has 0 saturated heterocycles. The molecule has 4 N–H and O–H groups in total. The Morgan fingerprint density at radius 3 is 2.89 bits per heavy atom. The molecule has 0 radical (unpaired) electrons. The molecule has 0 aromatic heterocycles. The first-order chi connectivity index (χ1) is 9.02. The lowest BCUT2D eigenvalue weighted by molar-refractivity contribution is -0.139. The predicted molar refractivity (Wildman–Crippen MR) is 73.6 cm³/mol. The minimum absolute atomic E-state index is 0.0598. The van der Waals surface area contributed by atoms with E-state index in [1.54, 1.807) is 18.2 Å². The molecule has 0 bridgehead atoms. The van der Waals surface area contributed by atoms with E-state index >= 15 is 0 Å². The molecule has 0 aliphatic rings. The van der Waals surface area contributed by atoms with Gasteiger partial charge >= 0.3 is 5.97 Å². The van der Waals surface area contributed by atoms with Crippen LogP contribution in [-0.2, 0) is 4.79 Å². The third-order valence-electron chi connectivity index (χ3n) is 1.93. The number of ether oxygens (including phenoxy) is 2. The van der Waals surface area contributed by atoms with Crippen molar-refractivity contribution < 1.29 is 19.4 Å². The monoisotopic (exact) mass is 283 g/mol. The van der Waals surface area contributed by atoms with E-state index in [2.05, 4.69) is 22.7 Å². The second-order valence-corrected chi connectivity index (χ2v) is 3.77. The average molecular weight is 283 g/mol. The summed E-state index contributed by atoms with van der Waals surface area (Å²) in [5, 5.41) is 12.4. The topological polar surface area (TPSA) is 106 Å². The van der Waals surface area contributed by atoms with Crippen LogP contribution < -0.4 is 20.6 Å². The van der Waals surface area contributed by atoms with Gasteiger partial charge in [-0.3, -0.25) is 5.43 Å². The fourth-order valence-corrected chi connectivity index (χ4v) is 1.25. The van der Waals surface area contributed by atoms with Gasteiger partial charge in [-0.15, -0.1) is 0 Å². The number of methoxy groups -OCH3 is 1. The Kier molecular flexibility index (Phi) is 5.55. The summed E-state index contributed by atoms with van der Waals surface area (Å²) < 4.78 is 10.2. The number of hydrazone groups is 1. The van der Waals surface area contributed by atoms with Gasteiger partial charge in [-0.1, -0.05) is 0 Å². The molecule has 0 aliphatic heterocycles. The van der Waals surface area contributed by atoms with Gasteiger partial charge in [0, 0.05) is 0 Å². The molecule has 8 heteroatoms. The fourth-order valence-electron chi connectivity index (χ4n) is 1.19. The lowest BCUT2D eigenvalue weighted by Crippen LogP contribution is -2.23. The number of nitrogens with two attached hydrogens (primary N) is 1. The van der Waals surface area contributed by atoms with E-state index in [1.165, 1.54) is 13.3 Å². The van der Waals surface area contributed by atoms with Gasteiger partial charge in [0.2, 0.25) is 0 Å². The SMILES string of the molecule is COc1cc(/C=N/NC(N)=S)ccc1OCC(=O)O. The minimum Gasteiger partial charge on any atom is -0.493 e. The van der Waals surface area contributed by atoms with Crippen LogP contribution in [0.5, 0.6) is 11.5 Å². The van der Waals surface area contributed by atoms with Crippen LogP contribution >= 0.6 is 12.2 Å². The van der Waals surface area contributed by atoms with Crippen molar-refractivity contribution in [3.63, 3.8) is 0 Å². The van der Waals surface area contributed by atoms with E-state index in [4.69, 9.17) is 20.3 Å². The lowest BCUT2D eigenvalue weighted by atomic mass is 10.2. The molecule has 0 unspecified atom stereocenters. The first kappa shape index (κ1) is 14.7. The van der Waals surface area contributed by atoms with Gasteiger partial charge in [-0.05, 0) is 36.0 Å². The number of carboxylic acid groups (broad SMARTS) is 1. The third-order valence-corrected chi connectivity index (χ3v) is 2.02. The Hall–Kier alpha value is -2.35. The molecule has 1 aromatic rings. The van der Waals surface area contributed by atoms with Crippen LogP contribution in [0.3, 0.4) is 0 Å². The number of hydrogen-bond donors (Lipinski definition) is 3. The lowest BCUT2D eigenvalue weighted by Gasteiger charge is -2.09. The van der Waals surface area contributed by atoms with Gasteiger partial charge in [0.05, 0.1) is 13.3 Å². The van der Waals surface area contributed by atoms with Crippen LogP contribution in [0.1, 0.15) is 5.56 Å². The Bertz CT molecular complexity index is 505. The van der Waals surface area contributed by atoms with Gasteiger partial charge in [0.25, 0.3) is 0 Å². The predicted octanol–water partition coefficient (Wildman–Crippen LogP) is 0.326. The molecular formula is C11H13N3O4S. The molecule has 102 valence electrons. The number of aliphatic carboxylic acids is 1. The van der Waals surface area contributed by atoms with E-state index in [-0.39, 0.29) is 5.11 Å². The maximum Gasteiger partial charge on any atom is 0.341 e. The second kappa shape index (κ2) is 7.17. The summed E-state index contributed by atoms with van der Waals surface area (Å²) in [6.07, 6.45) is 1.49. The van der Waals surface area contributed by atoms with Gasteiger partial charge < -0.3 is 20.3 Å². The summed E-state index contributed by atoms with van der Waals surface area (Å²) in [6, 6.07) is 4.91. The zero-order chi connectivity index (χ0) is 14.3. The largest absolute Gasteiger partial charge is 0.493 e. The third kappa shape index (κ3) is 5.21. The van der Waals surface area contributed by atoms with Crippen molar-refractivity contribution in [2.24, 2.45) is 10.8 Å². The zero-order valence-electron chi connectivity index (χ0n) is 10.1. The number of thiocarbonyl (C=S) groups is 1. The molecular weight excluding hydrogens is 270 g/mol. The highest BCUT2D eigenvalue weighted by Gasteiger charge is 2.07. The molecule has 0 spiro atoms. The van der Waals surface area contributed by atoms with E-state index in [1.807, 2.05) is 0 Å². The summed E-state index contributed by atoms with van der Waals surface area (Å²) in [5.74, 6) is -0.321. The van der Waals surface area contributed by atoms with Crippen molar-refractivity contribution in [1.82, 2.24) is 5.43 Å². The van der Waals surface area contributed by atoms with E-state index in [0.717, 1.165) is 0 Å². The van der Waals surface area contributed by atoms with Crippen molar-refractivity contribution in [3.05, 3.63) is 23.8 Å². The first-order valence-corrected chi connectivity index (χ1v) is 5.55. The summed E-state index contributed by atoms with van der Waals surface area (Å²) in [7, 11) is 1.46. The molecule has 0 saturated carbocycles. The molecule has 0 fully saturated rings. The Morgan fingerprint density at radius 2 is 2.32 bits per heavy atom. The van der Waals surface area contributed by atoms with Gasteiger partial charge in [-0.25, -0.2) is 4.79 Å². The highest BCUT2D eigenvalue weighted by Crippen LogP contribution is 2.27. The number of nitrogens with zero attached hydrogens (tertiary/aromatic N) is 1. The molecule has 7 nitrogen and oxygen atoms in total. The van der Waals surface area contributed by atoms with Crippen LogP contribution in [0, 0.1) is 0 Å². The highest BCUT2D eigenvalue weighted by molar-refractivity contribution is 7.80. The molecule has 1 aromatic carbocycles. The summed E-state index contributed by atoms with van der Waals surface area (Å²) in [6.45, 7) is -0.438. The number of carboxylic acids is 1. The fraction of sp³-hybridized carbons (Fsp3) is 0.182. The number of nitrogens with one attached hydrogen (secondary N) is 1. The minimum atomic E-state index is -1.06. The molecule has 0 amide bonds. The van der Waals surface area contributed by atoms with Crippen molar-refractivity contribution in [1.29, 1.82) is 0 Å². The van der Waals surface area contributed by atoms with Crippen molar-refractivity contribution >= 4 is 29.5 Å². The number of rotatable bonds is 6. The maximum absolute atomic E-state index is 10.4. The van der Waals surface area contributed by atoms with Crippen LogP contribution in [-0.4, -0.2) is 36.1 Å². The quantitative estimate of drug-likeness (QED) is 0.392. The van der Waals surface area contributed by atoms with E-state index in [9.17, 15) is 4.79 Å². The van der Waals surface area contributed by atoms with Crippen molar-refractivity contribution in [2.45, 2.75) is 0 Å². The maximum atomic E-state index is 10.4. The molecule has 1 rings (SSSR count). The van der Waals surface area contributed by atoms with Crippen molar-refractivity contribution in [2.75, 3.05) is 13.7 Å².